The maximum atomic E-state index is 13.1. The highest BCUT2D eigenvalue weighted by Gasteiger charge is 2.26. The first-order valence-electron chi connectivity index (χ1n) is 9.78. The molecule has 0 heterocycles. The number of rotatable bonds is 9. The molecule has 150 valence electrons. The first kappa shape index (κ1) is 22.0. The fourth-order valence-electron chi connectivity index (χ4n) is 2.93. The van der Waals surface area contributed by atoms with Crippen molar-refractivity contribution < 1.29 is 9.59 Å². The SMILES string of the molecule is CCCCNC(=O)[C@@H](C)N(Cc1cccc(Cl)c1)C(=O)Cc1ccc(C)cc1. The second-order valence-corrected chi connectivity index (χ2v) is 7.57. The van der Waals surface area contributed by atoms with Gasteiger partial charge in [0.2, 0.25) is 11.8 Å². The third-order valence-electron chi connectivity index (χ3n) is 4.71. The molecule has 2 aromatic carbocycles. The maximum absolute atomic E-state index is 13.1. The highest BCUT2D eigenvalue weighted by molar-refractivity contribution is 6.30. The highest BCUT2D eigenvalue weighted by atomic mass is 35.5. The summed E-state index contributed by atoms with van der Waals surface area (Å²) in [5, 5.41) is 3.54. The van der Waals surface area contributed by atoms with Gasteiger partial charge in [0, 0.05) is 18.1 Å². The molecule has 0 aliphatic carbocycles. The molecule has 0 unspecified atom stereocenters. The molecule has 1 N–H and O–H groups in total. The molecule has 0 aromatic heterocycles. The van der Waals surface area contributed by atoms with Crippen molar-refractivity contribution in [1.82, 2.24) is 10.2 Å². The fourth-order valence-corrected chi connectivity index (χ4v) is 3.15. The van der Waals surface area contributed by atoms with E-state index in [0.717, 1.165) is 29.5 Å². The third-order valence-corrected chi connectivity index (χ3v) is 4.95. The Balaban J connectivity index is 2.17. The van der Waals surface area contributed by atoms with E-state index in [0.29, 0.717) is 18.1 Å². The van der Waals surface area contributed by atoms with Gasteiger partial charge in [-0.2, -0.15) is 0 Å². The van der Waals surface area contributed by atoms with Crippen molar-refractivity contribution in [2.24, 2.45) is 0 Å². The van der Waals surface area contributed by atoms with Crippen molar-refractivity contribution in [2.45, 2.75) is 52.6 Å². The number of amides is 2. The second kappa shape index (κ2) is 10.9. The molecule has 2 rings (SSSR count). The van der Waals surface area contributed by atoms with E-state index < -0.39 is 6.04 Å². The van der Waals surface area contributed by atoms with E-state index in [-0.39, 0.29) is 18.2 Å². The Morgan fingerprint density at radius 3 is 2.46 bits per heavy atom. The number of benzene rings is 2. The average Bonchev–Trinajstić information content (AvgIpc) is 2.67. The number of hydrogen-bond acceptors (Lipinski definition) is 2. The minimum Gasteiger partial charge on any atom is -0.354 e. The summed E-state index contributed by atoms with van der Waals surface area (Å²) >= 11 is 6.10. The van der Waals surface area contributed by atoms with Crippen LogP contribution in [-0.4, -0.2) is 29.3 Å². The summed E-state index contributed by atoms with van der Waals surface area (Å²) in [5.41, 5.74) is 2.99. The van der Waals surface area contributed by atoms with Gasteiger partial charge in [-0.1, -0.05) is 66.9 Å². The van der Waals surface area contributed by atoms with Crippen molar-refractivity contribution in [1.29, 1.82) is 0 Å². The molecule has 0 spiro atoms. The Morgan fingerprint density at radius 1 is 1.11 bits per heavy atom. The van der Waals surface area contributed by atoms with E-state index in [1.807, 2.05) is 49.4 Å². The standard InChI is InChI=1S/C23H29ClN2O2/c1-4-5-13-25-23(28)18(3)26(16-20-7-6-8-21(24)14-20)22(27)15-19-11-9-17(2)10-12-19/h6-12,14,18H,4-5,13,15-16H2,1-3H3,(H,25,28)/t18-/m1/s1. The van der Waals surface area contributed by atoms with Gasteiger partial charge in [-0.05, 0) is 43.5 Å². The number of nitrogens with one attached hydrogen (secondary N) is 1. The number of nitrogens with zero attached hydrogens (tertiary/aromatic N) is 1. The Morgan fingerprint density at radius 2 is 1.82 bits per heavy atom. The highest BCUT2D eigenvalue weighted by Crippen LogP contribution is 2.16. The summed E-state index contributed by atoms with van der Waals surface area (Å²) in [6.45, 7) is 6.83. The largest absolute Gasteiger partial charge is 0.354 e. The summed E-state index contributed by atoms with van der Waals surface area (Å²) < 4.78 is 0. The summed E-state index contributed by atoms with van der Waals surface area (Å²) in [4.78, 5) is 27.3. The van der Waals surface area contributed by atoms with Gasteiger partial charge in [0.15, 0.2) is 0 Å². The molecule has 0 aliphatic rings. The minimum atomic E-state index is -0.561. The molecule has 0 saturated carbocycles. The molecular formula is C23H29ClN2O2. The molecule has 0 fully saturated rings. The maximum Gasteiger partial charge on any atom is 0.242 e. The van der Waals surface area contributed by atoms with Crippen LogP contribution in [0.25, 0.3) is 0 Å². The molecule has 0 bridgehead atoms. The number of unbranched alkanes of at least 4 members (excludes halogenated alkanes) is 1. The van der Waals surface area contributed by atoms with E-state index in [4.69, 9.17) is 11.6 Å². The van der Waals surface area contributed by atoms with E-state index in [2.05, 4.69) is 12.2 Å². The summed E-state index contributed by atoms with van der Waals surface area (Å²) in [5.74, 6) is -0.213. The Bertz CT molecular complexity index is 789. The lowest BCUT2D eigenvalue weighted by Gasteiger charge is -2.29. The van der Waals surface area contributed by atoms with Crippen LogP contribution in [0.15, 0.2) is 48.5 Å². The molecule has 0 saturated heterocycles. The molecule has 0 aliphatic heterocycles. The zero-order valence-electron chi connectivity index (χ0n) is 16.9. The third kappa shape index (κ3) is 6.68. The van der Waals surface area contributed by atoms with E-state index in [9.17, 15) is 9.59 Å². The van der Waals surface area contributed by atoms with Crippen molar-refractivity contribution >= 4 is 23.4 Å². The smallest absolute Gasteiger partial charge is 0.242 e. The Labute approximate surface area is 172 Å². The first-order valence-corrected chi connectivity index (χ1v) is 10.2. The molecule has 4 nitrogen and oxygen atoms in total. The zero-order chi connectivity index (χ0) is 20.5. The van der Waals surface area contributed by atoms with Crippen molar-refractivity contribution in [3.05, 3.63) is 70.2 Å². The van der Waals surface area contributed by atoms with Crippen LogP contribution < -0.4 is 5.32 Å². The van der Waals surface area contributed by atoms with E-state index >= 15 is 0 Å². The molecular weight excluding hydrogens is 372 g/mol. The van der Waals surface area contributed by atoms with Crippen LogP contribution in [0.1, 0.15) is 43.4 Å². The topological polar surface area (TPSA) is 49.4 Å². The number of hydrogen-bond donors (Lipinski definition) is 1. The van der Waals surface area contributed by atoms with Gasteiger partial charge >= 0.3 is 0 Å². The molecule has 2 aromatic rings. The number of carbonyl (C=O) groups is 2. The average molecular weight is 401 g/mol. The minimum absolute atomic E-state index is 0.0815. The lowest BCUT2D eigenvalue weighted by atomic mass is 10.1. The number of halogens is 1. The van der Waals surface area contributed by atoms with E-state index in [1.54, 1.807) is 17.9 Å². The van der Waals surface area contributed by atoms with Gasteiger partial charge < -0.3 is 10.2 Å². The van der Waals surface area contributed by atoms with Gasteiger partial charge in [0.1, 0.15) is 6.04 Å². The number of carbonyl (C=O) groups excluding carboxylic acids is 2. The van der Waals surface area contributed by atoms with Gasteiger partial charge in [0.05, 0.1) is 6.42 Å². The molecule has 5 heteroatoms. The molecule has 0 radical (unpaired) electrons. The van der Waals surface area contributed by atoms with Crippen LogP contribution in [0.5, 0.6) is 0 Å². The normalized spacial score (nSPS) is 11.7. The van der Waals surface area contributed by atoms with Crippen molar-refractivity contribution in [3.8, 4) is 0 Å². The van der Waals surface area contributed by atoms with Gasteiger partial charge in [0.25, 0.3) is 0 Å². The van der Waals surface area contributed by atoms with Gasteiger partial charge in [-0.25, -0.2) is 0 Å². The van der Waals surface area contributed by atoms with E-state index in [1.165, 1.54) is 0 Å². The van der Waals surface area contributed by atoms with Crippen molar-refractivity contribution in [2.75, 3.05) is 6.54 Å². The van der Waals surface area contributed by atoms with Crippen LogP contribution in [0.2, 0.25) is 5.02 Å². The second-order valence-electron chi connectivity index (χ2n) is 7.13. The van der Waals surface area contributed by atoms with Crippen LogP contribution in [0.3, 0.4) is 0 Å². The lowest BCUT2D eigenvalue weighted by molar-refractivity contribution is -0.140. The monoisotopic (exact) mass is 400 g/mol. The summed E-state index contributed by atoms with van der Waals surface area (Å²) in [6, 6.07) is 14.7. The molecule has 2 amide bonds. The Kier molecular flexibility index (Phi) is 8.52. The predicted molar refractivity (Wildman–Crippen MR) is 114 cm³/mol. The molecule has 1 atom stereocenters. The first-order chi connectivity index (χ1) is 13.4. The van der Waals surface area contributed by atoms with Gasteiger partial charge in [-0.15, -0.1) is 0 Å². The molecule has 28 heavy (non-hydrogen) atoms. The van der Waals surface area contributed by atoms with Crippen LogP contribution in [0.4, 0.5) is 0 Å². The van der Waals surface area contributed by atoms with Crippen molar-refractivity contribution in [3.63, 3.8) is 0 Å². The van der Waals surface area contributed by atoms with Crippen LogP contribution in [-0.2, 0) is 22.6 Å². The Hall–Kier alpha value is -2.33. The quantitative estimate of drug-likeness (QED) is 0.629. The van der Waals surface area contributed by atoms with Crippen LogP contribution >= 0.6 is 11.6 Å². The van der Waals surface area contributed by atoms with Gasteiger partial charge in [-0.3, -0.25) is 9.59 Å². The predicted octanol–water partition coefficient (Wildman–Crippen LogP) is 4.52. The summed E-state index contributed by atoms with van der Waals surface area (Å²) in [6.07, 6.45) is 2.19. The van der Waals surface area contributed by atoms with Crippen LogP contribution in [0, 0.1) is 6.92 Å². The summed E-state index contributed by atoms with van der Waals surface area (Å²) in [7, 11) is 0. The fraction of sp³-hybridized carbons (Fsp3) is 0.391. The lowest BCUT2D eigenvalue weighted by Crippen LogP contribution is -2.48. The number of aryl methyl sites for hydroxylation is 1. The zero-order valence-corrected chi connectivity index (χ0v) is 17.6.